The maximum atomic E-state index is 13.8. The lowest BCUT2D eigenvalue weighted by Gasteiger charge is -2.14. The fraction of sp³-hybridized carbons (Fsp3) is 0.143. The van der Waals surface area contributed by atoms with Crippen molar-refractivity contribution >= 4 is 0 Å². The number of para-hydroxylation sites is 1. The number of aliphatic hydroxyl groups excluding tert-OH is 1. The first-order valence-electron chi connectivity index (χ1n) is 5.65. The van der Waals surface area contributed by atoms with Crippen LogP contribution in [0.5, 0.6) is 5.75 Å². The van der Waals surface area contributed by atoms with Crippen LogP contribution in [-0.2, 0) is 6.61 Å². The molecule has 2 rings (SSSR count). The van der Waals surface area contributed by atoms with E-state index in [0.29, 0.717) is 5.56 Å². The van der Waals surface area contributed by atoms with E-state index in [-0.39, 0.29) is 17.7 Å². The van der Waals surface area contributed by atoms with E-state index in [4.69, 9.17) is 5.11 Å². The lowest BCUT2D eigenvalue weighted by molar-refractivity contribution is -0.274. The Morgan fingerprint density at radius 3 is 2.35 bits per heavy atom. The van der Waals surface area contributed by atoms with Crippen molar-refractivity contribution in [3.8, 4) is 16.9 Å². The lowest BCUT2D eigenvalue weighted by atomic mass is 10.0. The monoisotopic (exact) mass is 286 g/mol. The van der Waals surface area contributed by atoms with Crippen molar-refractivity contribution in [3.63, 3.8) is 0 Å². The van der Waals surface area contributed by atoms with Gasteiger partial charge in [0.15, 0.2) is 0 Å². The molecule has 0 fully saturated rings. The molecule has 0 amide bonds. The number of ether oxygens (including phenoxy) is 1. The molecular formula is C14H10F4O2. The van der Waals surface area contributed by atoms with Crippen LogP contribution in [0.2, 0.25) is 0 Å². The second kappa shape index (κ2) is 5.50. The Morgan fingerprint density at radius 2 is 1.70 bits per heavy atom. The highest BCUT2D eigenvalue weighted by Gasteiger charge is 2.32. The second-order valence-electron chi connectivity index (χ2n) is 4.02. The molecule has 6 heteroatoms. The van der Waals surface area contributed by atoms with Gasteiger partial charge < -0.3 is 9.84 Å². The number of hydrogen-bond donors (Lipinski definition) is 1. The molecule has 106 valence electrons. The summed E-state index contributed by atoms with van der Waals surface area (Å²) in [6.45, 7) is -0.338. The molecule has 2 aromatic rings. The van der Waals surface area contributed by atoms with Crippen molar-refractivity contribution in [1.29, 1.82) is 0 Å². The van der Waals surface area contributed by atoms with E-state index in [9.17, 15) is 17.6 Å². The summed E-state index contributed by atoms with van der Waals surface area (Å²) in [4.78, 5) is 0. The van der Waals surface area contributed by atoms with Crippen molar-refractivity contribution in [2.45, 2.75) is 13.0 Å². The Balaban J connectivity index is 2.52. The van der Waals surface area contributed by atoms with Crippen LogP contribution in [-0.4, -0.2) is 11.5 Å². The first kappa shape index (κ1) is 14.3. The smallest absolute Gasteiger partial charge is 0.405 e. The van der Waals surface area contributed by atoms with Gasteiger partial charge >= 0.3 is 6.36 Å². The zero-order chi connectivity index (χ0) is 14.8. The van der Waals surface area contributed by atoms with Crippen LogP contribution in [0.15, 0.2) is 42.5 Å². The first-order chi connectivity index (χ1) is 9.40. The van der Waals surface area contributed by atoms with Crippen LogP contribution in [0, 0.1) is 5.82 Å². The standard InChI is InChI=1S/C14H10F4O2/c15-12-6-5-9(8-19)7-11(12)10-3-1-2-4-13(10)20-14(16,17)18/h1-7,19H,8H2. The highest BCUT2D eigenvalue weighted by molar-refractivity contribution is 5.71. The van der Waals surface area contributed by atoms with E-state index in [0.717, 1.165) is 12.1 Å². The van der Waals surface area contributed by atoms with Gasteiger partial charge in [-0.15, -0.1) is 13.2 Å². The minimum absolute atomic E-state index is 0.0300. The van der Waals surface area contributed by atoms with Gasteiger partial charge in [0, 0.05) is 11.1 Å². The topological polar surface area (TPSA) is 29.5 Å². The maximum absolute atomic E-state index is 13.8. The van der Waals surface area contributed by atoms with Crippen molar-refractivity contribution in [1.82, 2.24) is 0 Å². The highest BCUT2D eigenvalue weighted by atomic mass is 19.4. The molecule has 2 nitrogen and oxygen atoms in total. The third-order valence-electron chi connectivity index (χ3n) is 2.62. The molecule has 2 aromatic carbocycles. The van der Waals surface area contributed by atoms with Gasteiger partial charge in [0.05, 0.1) is 6.61 Å². The summed E-state index contributed by atoms with van der Waals surface area (Å²) < 4.78 is 54.7. The summed E-state index contributed by atoms with van der Waals surface area (Å²) in [6, 6.07) is 8.99. The summed E-state index contributed by atoms with van der Waals surface area (Å²) >= 11 is 0. The molecule has 0 radical (unpaired) electrons. The van der Waals surface area contributed by atoms with E-state index < -0.39 is 17.9 Å². The first-order valence-corrected chi connectivity index (χ1v) is 5.65. The summed E-state index contributed by atoms with van der Waals surface area (Å²) in [5.41, 5.74) is 0.303. The summed E-state index contributed by atoms with van der Waals surface area (Å²) in [6.07, 6.45) is -4.86. The molecule has 0 unspecified atom stereocenters. The van der Waals surface area contributed by atoms with Crippen LogP contribution in [0.25, 0.3) is 11.1 Å². The molecule has 0 heterocycles. The normalized spacial score (nSPS) is 11.4. The molecule has 0 aromatic heterocycles. The van der Waals surface area contributed by atoms with Crippen LogP contribution < -0.4 is 4.74 Å². The molecule has 0 spiro atoms. The van der Waals surface area contributed by atoms with Gasteiger partial charge in [-0.05, 0) is 23.8 Å². The minimum atomic E-state index is -4.86. The van der Waals surface area contributed by atoms with E-state index >= 15 is 0 Å². The largest absolute Gasteiger partial charge is 0.573 e. The molecule has 0 atom stereocenters. The van der Waals surface area contributed by atoms with Crippen LogP contribution in [0.3, 0.4) is 0 Å². The number of benzene rings is 2. The van der Waals surface area contributed by atoms with E-state index in [1.807, 2.05) is 0 Å². The number of halogens is 4. The third kappa shape index (κ3) is 3.27. The average Bonchev–Trinajstić information content (AvgIpc) is 2.38. The third-order valence-corrected chi connectivity index (χ3v) is 2.62. The minimum Gasteiger partial charge on any atom is -0.405 e. The number of alkyl halides is 3. The fourth-order valence-electron chi connectivity index (χ4n) is 1.78. The van der Waals surface area contributed by atoms with E-state index in [2.05, 4.69) is 4.74 Å². The molecule has 0 bridgehead atoms. The molecule has 0 saturated heterocycles. The quantitative estimate of drug-likeness (QED) is 0.868. The van der Waals surface area contributed by atoms with Crippen molar-refractivity contribution in [3.05, 3.63) is 53.8 Å². The predicted molar refractivity (Wildman–Crippen MR) is 64.4 cm³/mol. The van der Waals surface area contributed by atoms with Crippen LogP contribution in [0.4, 0.5) is 17.6 Å². The maximum Gasteiger partial charge on any atom is 0.573 e. The number of hydrogen-bond acceptors (Lipinski definition) is 2. The average molecular weight is 286 g/mol. The molecule has 1 N–H and O–H groups in total. The fourth-order valence-corrected chi connectivity index (χ4v) is 1.78. The van der Waals surface area contributed by atoms with Gasteiger partial charge in [-0.1, -0.05) is 24.3 Å². The Morgan fingerprint density at radius 1 is 1.00 bits per heavy atom. The second-order valence-corrected chi connectivity index (χ2v) is 4.02. The number of rotatable bonds is 3. The SMILES string of the molecule is OCc1ccc(F)c(-c2ccccc2OC(F)(F)F)c1. The molecule has 0 saturated carbocycles. The number of aliphatic hydroxyl groups is 1. The Bertz CT molecular complexity index is 608. The highest BCUT2D eigenvalue weighted by Crippen LogP contribution is 2.35. The molecule has 0 aliphatic heterocycles. The Hall–Kier alpha value is -2.08. The zero-order valence-electron chi connectivity index (χ0n) is 10.1. The van der Waals surface area contributed by atoms with Gasteiger partial charge in [0.25, 0.3) is 0 Å². The lowest BCUT2D eigenvalue weighted by Crippen LogP contribution is -2.17. The molecule has 20 heavy (non-hydrogen) atoms. The van der Waals surface area contributed by atoms with Gasteiger partial charge in [0.1, 0.15) is 11.6 Å². The predicted octanol–water partition coefficient (Wildman–Crippen LogP) is 3.88. The summed E-state index contributed by atoms with van der Waals surface area (Å²) in [7, 11) is 0. The van der Waals surface area contributed by atoms with E-state index in [1.54, 1.807) is 0 Å². The van der Waals surface area contributed by atoms with Gasteiger partial charge in [-0.25, -0.2) is 4.39 Å². The summed E-state index contributed by atoms with van der Waals surface area (Å²) in [5, 5.41) is 9.02. The van der Waals surface area contributed by atoms with Crippen molar-refractivity contribution in [2.24, 2.45) is 0 Å². The van der Waals surface area contributed by atoms with Gasteiger partial charge in [-0.3, -0.25) is 0 Å². The molecule has 0 aliphatic rings. The van der Waals surface area contributed by atoms with Gasteiger partial charge in [-0.2, -0.15) is 0 Å². The van der Waals surface area contributed by atoms with Crippen LogP contribution in [0.1, 0.15) is 5.56 Å². The Labute approximate surface area is 112 Å². The van der Waals surface area contributed by atoms with Gasteiger partial charge in [0.2, 0.25) is 0 Å². The molecule has 0 aliphatic carbocycles. The van der Waals surface area contributed by atoms with E-state index in [1.165, 1.54) is 30.3 Å². The zero-order valence-corrected chi connectivity index (χ0v) is 10.1. The Kier molecular flexibility index (Phi) is 3.94. The van der Waals surface area contributed by atoms with Crippen molar-refractivity contribution < 1.29 is 27.4 Å². The summed E-state index contributed by atoms with van der Waals surface area (Å²) in [5.74, 6) is -1.19. The molecular weight excluding hydrogens is 276 g/mol. The van der Waals surface area contributed by atoms with Crippen molar-refractivity contribution in [2.75, 3.05) is 0 Å². The van der Waals surface area contributed by atoms with Crippen LogP contribution >= 0.6 is 0 Å².